The normalized spacial score (nSPS) is 10.0. The lowest BCUT2D eigenvalue weighted by atomic mass is 10.1. The maximum Gasteiger partial charge on any atom is 0.339 e. The van der Waals surface area contributed by atoms with Crippen molar-refractivity contribution in [2.24, 2.45) is 5.73 Å². The monoisotopic (exact) mass is 345 g/mol. The molecule has 0 aromatic heterocycles. The van der Waals surface area contributed by atoms with E-state index in [0.717, 1.165) is 5.56 Å². The first-order chi connectivity index (χ1) is 11.3. The van der Waals surface area contributed by atoms with E-state index in [2.05, 4.69) is 10.6 Å². The Morgan fingerprint density at radius 3 is 2.42 bits per heavy atom. The zero-order valence-corrected chi connectivity index (χ0v) is 13.5. The largest absolute Gasteiger partial charge is 0.507 e. The van der Waals surface area contributed by atoms with Crippen LogP contribution in [0.15, 0.2) is 36.4 Å². The van der Waals surface area contributed by atoms with E-state index < -0.39 is 11.9 Å². The predicted octanol–water partition coefficient (Wildman–Crippen LogP) is 2.31. The molecule has 2 aromatic carbocycles. The van der Waals surface area contributed by atoms with Crippen LogP contribution in [-0.2, 0) is 0 Å². The number of carbonyl (C=O) groups excluding carboxylic acids is 1. The molecule has 7 nitrogen and oxygen atoms in total. The van der Waals surface area contributed by atoms with E-state index in [4.69, 9.17) is 23.1 Å². The van der Waals surface area contributed by atoms with Gasteiger partial charge < -0.3 is 26.6 Å². The quantitative estimate of drug-likeness (QED) is 0.425. The number of carbonyl (C=O) groups is 2. The van der Waals surface area contributed by atoms with E-state index in [1.54, 1.807) is 25.1 Å². The van der Waals surface area contributed by atoms with Gasteiger partial charge in [0.25, 0.3) is 5.91 Å². The van der Waals surface area contributed by atoms with Crippen LogP contribution in [0.1, 0.15) is 26.3 Å². The van der Waals surface area contributed by atoms with Gasteiger partial charge in [-0.1, -0.05) is 0 Å². The van der Waals surface area contributed by atoms with Crippen LogP contribution in [0, 0.1) is 6.92 Å². The summed E-state index contributed by atoms with van der Waals surface area (Å²) in [6, 6.07) is 8.71. The van der Waals surface area contributed by atoms with Gasteiger partial charge in [0, 0.05) is 16.9 Å². The average Bonchev–Trinajstić information content (AvgIpc) is 2.50. The van der Waals surface area contributed by atoms with E-state index >= 15 is 0 Å². The molecule has 0 spiro atoms. The molecule has 0 radical (unpaired) electrons. The van der Waals surface area contributed by atoms with Gasteiger partial charge in [-0.05, 0) is 61.1 Å². The van der Waals surface area contributed by atoms with Crippen LogP contribution in [-0.4, -0.2) is 27.2 Å². The van der Waals surface area contributed by atoms with Crippen molar-refractivity contribution in [3.05, 3.63) is 53.1 Å². The molecule has 6 N–H and O–H groups in total. The predicted molar refractivity (Wildman–Crippen MR) is 94.6 cm³/mol. The lowest BCUT2D eigenvalue weighted by Gasteiger charge is -2.11. The van der Waals surface area contributed by atoms with Crippen molar-refractivity contribution in [3.63, 3.8) is 0 Å². The van der Waals surface area contributed by atoms with E-state index in [0.29, 0.717) is 11.3 Å². The van der Waals surface area contributed by atoms with Crippen LogP contribution >= 0.6 is 12.2 Å². The number of amides is 1. The number of thiocarbonyl (C=S) groups is 1. The zero-order chi connectivity index (χ0) is 17.9. The highest BCUT2D eigenvalue weighted by Gasteiger charge is 2.13. The molecule has 124 valence electrons. The molecule has 0 fully saturated rings. The Morgan fingerprint density at radius 2 is 1.83 bits per heavy atom. The summed E-state index contributed by atoms with van der Waals surface area (Å²) in [5.74, 6) is -2.07. The fourth-order valence-corrected chi connectivity index (χ4v) is 2.18. The molecule has 24 heavy (non-hydrogen) atoms. The minimum absolute atomic E-state index is 0.126. The third-order valence-electron chi connectivity index (χ3n) is 3.23. The van der Waals surface area contributed by atoms with E-state index in [9.17, 15) is 14.7 Å². The molecule has 2 rings (SSSR count). The third-order valence-corrected chi connectivity index (χ3v) is 3.33. The summed E-state index contributed by atoms with van der Waals surface area (Å²) in [7, 11) is 0. The number of aromatic hydroxyl groups is 1. The van der Waals surface area contributed by atoms with Crippen LogP contribution < -0.4 is 16.4 Å². The summed E-state index contributed by atoms with van der Waals surface area (Å²) in [6.45, 7) is 1.79. The number of aryl methyl sites for hydroxylation is 1. The number of anilines is 2. The highest BCUT2D eigenvalue weighted by atomic mass is 32.1. The van der Waals surface area contributed by atoms with Gasteiger partial charge >= 0.3 is 5.97 Å². The molecule has 0 atom stereocenters. The van der Waals surface area contributed by atoms with Gasteiger partial charge in [0.1, 0.15) is 11.3 Å². The second-order valence-corrected chi connectivity index (χ2v) is 5.45. The minimum Gasteiger partial charge on any atom is -0.507 e. The Morgan fingerprint density at radius 1 is 1.12 bits per heavy atom. The minimum atomic E-state index is -1.28. The molecular formula is C16H15N3O4S. The summed E-state index contributed by atoms with van der Waals surface area (Å²) in [4.78, 5) is 23.3. The van der Waals surface area contributed by atoms with Gasteiger partial charge in [-0.25, -0.2) is 4.79 Å². The van der Waals surface area contributed by atoms with Crippen LogP contribution in [0.4, 0.5) is 11.4 Å². The topological polar surface area (TPSA) is 125 Å². The van der Waals surface area contributed by atoms with Crippen LogP contribution in [0.3, 0.4) is 0 Å². The second-order valence-electron chi connectivity index (χ2n) is 5.01. The molecule has 0 unspecified atom stereocenters. The van der Waals surface area contributed by atoms with Crippen molar-refractivity contribution in [1.82, 2.24) is 0 Å². The number of phenols is 1. The van der Waals surface area contributed by atoms with Crippen molar-refractivity contribution in [1.29, 1.82) is 0 Å². The van der Waals surface area contributed by atoms with Gasteiger partial charge in [0.05, 0.1) is 0 Å². The van der Waals surface area contributed by atoms with Crippen molar-refractivity contribution >= 4 is 40.6 Å². The fraction of sp³-hybridized carbons (Fsp3) is 0.0625. The number of aromatic carboxylic acids is 1. The van der Waals surface area contributed by atoms with Gasteiger partial charge in [0.15, 0.2) is 5.11 Å². The van der Waals surface area contributed by atoms with Crippen LogP contribution in [0.5, 0.6) is 5.75 Å². The number of rotatable bonds is 4. The molecule has 0 aliphatic rings. The summed E-state index contributed by atoms with van der Waals surface area (Å²) >= 11 is 4.77. The summed E-state index contributed by atoms with van der Waals surface area (Å²) < 4.78 is 0. The first-order valence-corrected chi connectivity index (χ1v) is 7.23. The van der Waals surface area contributed by atoms with Gasteiger partial charge in [0.2, 0.25) is 0 Å². The number of hydrogen-bond acceptors (Lipinski definition) is 4. The molecular weight excluding hydrogens is 330 g/mol. The first kappa shape index (κ1) is 17.2. The summed E-state index contributed by atoms with van der Waals surface area (Å²) in [5.41, 5.74) is 7.23. The molecule has 2 aromatic rings. The van der Waals surface area contributed by atoms with Gasteiger partial charge in [-0.3, -0.25) is 4.79 Å². The first-order valence-electron chi connectivity index (χ1n) is 6.82. The summed E-state index contributed by atoms with van der Waals surface area (Å²) in [6.07, 6.45) is 0. The SMILES string of the molecule is Cc1cc(C(=O)Nc2ccc(O)c(C(=O)O)c2)ccc1NC(N)=S. The van der Waals surface area contributed by atoms with Crippen molar-refractivity contribution in [2.75, 3.05) is 10.6 Å². The van der Waals surface area contributed by atoms with Crippen molar-refractivity contribution in [2.45, 2.75) is 6.92 Å². The number of benzene rings is 2. The number of nitrogens with one attached hydrogen (secondary N) is 2. The third kappa shape index (κ3) is 3.99. The fourth-order valence-electron chi connectivity index (χ4n) is 2.07. The number of nitrogens with two attached hydrogens (primary N) is 1. The van der Waals surface area contributed by atoms with E-state index in [-0.39, 0.29) is 22.1 Å². The van der Waals surface area contributed by atoms with Gasteiger partial charge in [-0.2, -0.15) is 0 Å². The molecule has 0 aliphatic carbocycles. The molecule has 0 saturated carbocycles. The van der Waals surface area contributed by atoms with Crippen LogP contribution in [0.25, 0.3) is 0 Å². The molecule has 8 heteroatoms. The maximum absolute atomic E-state index is 12.3. The maximum atomic E-state index is 12.3. The standard InChI is InChI=1S/C16H15N3O4S/c1-8-6-9(2-4-12(8)19-16(17)24)14(21)18-10-3-5-13(20)11(7-10)15(22)23/h2-7,20H,1H3,(H,18,21)(H,22,23)(H3,17,19,24). The number of hydrogen-bond donors (Lipinski definition) is 5. The van der Waals surface area contributed by atoms with Crippen molar-refractivity contribution in [3.8, 4) is 5.75 Å². The lowest BCUT2D eigenvalue weighted by Crippen LogP contribution is -2.20. The highest BCUT2D eigenvalue weighted by molar-refractivity contribution is 7.80. The Balaban J connectivity index is 2.21. The van der Waals surface area contributed by atoms with E-state index in [1.165, 1.54) is 18.2 Å². The molecule has 1 amide bonds. The lowest BCUT2D eigenvalue weighted by molar-refractivity contribution is 0.0693. The van der Waals surface area contributed by atoms with Crippen LogP contribution in [0.2, 0.25) is 0 Å². The van der Waals surface area contributed by atoms with Gasteiger partial charge in [-0.15, -0.1) is 0 Å². The molecule has 0 saturated heterocycles. The zero-order valence-electron chi connectivity index (χ0n) is 12.7. The Kier molecular flexibility index (Phi) is 5.00. The molecule has 0 bridgehead atoms. The number of carboxylic acid groups (broad SMARTS) is 1. The van der Waals surface area contributed by atoms with E-state index in [1.807, 2.05) is 0 Å². The Labute approximate surface area is 143 Å². The highest BCUT2D eigenvalue weighted by Crippen LogP contribution is 2.22. The van der Waals surface area contributed by atoms with Crippen molar-refractivity contribution < 1.29 is 19.8 Å². The average molecular weight is 345 g/mol. The Bertz CT molecular complexity index is 836. The molecule has 0 aliphatic heterocycles. The number of carboxylic acids is 1. The Hall–Kier alpha value is -3.13. The molecule has 0 heterocycles. The second kappa shape index (κ2) is 6.97. The smallest absolute Gasteiger partial charge is 0.339 e. The summed E-state index contributed by atoms with van der Waals surface area (Å²) in [5, 5.41) is 24.0.